The second kappa shape index (κ2) is 4.53. The number of aromatic nitrogens is 1. The summed E-state index contributed by atoms with van der Waals surface area (Å²) in [6.45, 7) is 0.148. The number of benzene rings is 1. The number of para-hydroxylation sites is 2. The zero-order valence-corrected chi connectivity index (χ0v) is 10.0. The Bertz CT molecular complexity index is 655. The van der Waals surface area contributed by atoms with Crippen LogP contribution in [0.25, 0.3) is 0 Å². The van der Waals surface area contributed by atoms with Gasteiger partial charge in [0.2, 0.25) is 5.91 Å². The van der Waals surface area contributed by atoms with Gasteiger partial charge in [-0.2, -0.15) is 0 Å². The molecule has 0 fully saturated rings. The quantitative estimate of drug-likeness (QED) is 0.831. The van der Waals surface area contributed by atoms with E-state index in [0.717, 1.165) is 17.7 Å². The SMILES string of the molecule is O=Cc1cccnc1N1CC(=O)Nc2ccccc21. The minimum atomic E-state index is -0.124. The topological polar surface area (TPSA) is 62.3 Å². The molecule has 1 N–H and O–H groups in total. The number of hydrogen-bond donors (Lipinski definition) is 1. The Morgan fingerprint density at radius 2 is 2.05 bits per heavy atom. The lowest BCUT2D eigenvalue weighted by Crippen LogP contribution is -2.35. The summed E-state index contributed by atoms with van der Waals surface area (Å²) < 4.78 is 0. The number of carbonyl (C=O) groups excluding carboxylic acids is 2. The second-order valence-corrected chi connectivity index (χ2v) is 4.19. The zero-order valence-electron chi connectivity index (χ0n) is 10.0. The molecule has 0 saturated heterocycles. The highest BCUT2D eigenvalue weighted by Gasteiger charge is 2.25. The molecule has 0 atom stereocenters. The standard InChI is InChI=1S/C14H11N3O2/c18-9-10-4-3-7-15-14(10)17-8-13(19)16-11-5-1-2-6-12(11)17/h1-7,9H,8H2,(H,16,19). The monoisotopic (exact) mass is 253 g/mol. The minimum Gasteiger partial charge on any atom is -0.323 e. The Balaban J connectivity index is 2.15. The third kappa shape index (κ3) is 1.95. The molecule has 1 aromatic carbocycles. The van der Waals surface area contributed by atoms with Crippen molar-refractivity contribution >= 4 is 29.4 Å². The van der Waals surface area contributed by atoms with Crippen molar-refractivity contribution in [2.75, 3.05) is 16.8 Å². The average Bonchev–Trinajstić information content (AvgIpc) is 2.46. The Morgan fingerprint density at radius 3 is 2.89 bits per heavy atom. The molecule has 0 spiro atoms. The average molecular weight is 253 g/mol. The molecule has 94 valence electrons. The molecule has 2 aromatic rings. The summed E-state index contributed by atoms with van der Waals surface area (Å²) in [5.74, 6) is 0.376. The van der Waals surface area contributed by atoms with Crippen LogP contribution >= 0.6 is 0 Å². The lowest BCUT2D eigenvalue weighted by Gasteiger charge is -2.30. The molecule has 3 rings (SSSR count). The van der Waals surface area contributed by atoms with Crippen LogP contribution in [0.2, 0.25) is 0 Å². The smallest absolute Gasteiger partial charge is 0.244 e. The summed E-state index contributed by atoms with van der Waals surface area (Å²) in [6.07, 6.45) is 2.36. The Kier molecular flexibility index (Phi) is 2.72. The van der Waals surface area contributed by atoms with E-state index in [9.17, 15) is 9.59 Å². The van der Waals surface area contributed by atoms with E-state index in [2.05, 4.69) is 10.3 Å². The molecule has 0 aliphatic carbocycles. The van der Waals surface area contributed by atoms with Gasteiger partial charge in [0.1, 0.15) is 12.4 Å². The van der Waals surface area contributed by atoms with E-state index in [1.165, 1.54) is 0 Å². The zero-order chi connectivity index (χ0) is 13.2. The van der Waals surface area contributed by atoms with Crippen LogP contribution in [0.4, 0.5) is 17.2 Å². The van der Waals surface area contributed by atoms with Crippen molar-refractivity contribution < 1.29 is 9.59 Å². The number of amides is 1. The second-order valence-electron chi connectivity index (χ2n) is 4.19. The molecule has 5 nitrogen and oxygen atoms in total. The molecule has 0 unspecified atom stereocenters. The lowest BCUT2D eigenvalue weighted by molar-refractivity contribution is -0.115. The summed E-state index contributed by atoms with van der Waals surface area (Å²) in [4.78, 5) is 28.8. The van der Waals surface area contributed by atoms with Crippen molar-refractivity contribution in [3.63, 3.8) is 0 Å². The molecular weight excluding hydrogens is 242 g/mol. The van der Waals surface area contributed by atoms with E-state index in [-0.39, 0.29) is 12.5 Å². The highest BCUT2D eigenvalue weighted by atomic mass is 16.2. The first kappa shape index (κ1) is 11.4. The van der Waals surface area contributed by atoms with Gasteiger partial charge in [-0.1, -0.05) is 12.1 Å². The number of pyridine rings is 1. The van der Waals surface area contributed by atoms with Crippen LogP contribution in [0, 0.1) is 0 Å². The van der Waals surface area contributed by atoms with E-state index in [1.807, 2.05) is 24.3 Å². The highest BCUT2D eigenvalue weighted by Crippen LogP contribution is 2.34. The molecular formula is C14H11N3O2. The number of aldehydes is 1. The summed E-state index contributed by atoms with van der Waals surface area (Å²) in [5, 5.41) is 2.80. The van der Waals surface area contributed by atoms with Crippen molar-refractivity contribution in [3.8, 4) is 0 Å². The molecule has 1 aliphatic heterocycles. The first-order chi connectivity index (χ1) is 9.29. The van der Waals surface area contributed by atoms with Crippen molar-refractivity contribution in [1.29, 1.82) is 0 Å². The van der Waals surface area contributed by atoms with E-state index >= 15 is 0 Å². The lowest BCUT2D eigenvalue weighted by atomic mass is 10.1. The van der Waals surface area contributed by atoms with Crippen LogP contribution in [0.3, 0.4) is 0 Å². The van der Waals surface area contributed by atoms with Crippen LogP contribution in [0.15, 0.2) is 42.6 Å². The fraction of sp³-hybridized carbons (Fsp3) is 0.0714. The highest BCUT2D eigenvalue weighted by molar-refractivity contribution is 6.04. The number of nitrogens with zero attached hydrogens (tertiary/aromatic N) is 2. The largest absolute Gasteiger partial charge is 0.323 e. The Morgan fingerprint density at radius 1 is 1.21 bits per heavy atom. The van der Waals surface area contributed by atoms with Gasteiger partial charge in [-0.25, -0.2) is 4.98 Å². The van der Waals surface area contributed by atoms with Gasteiger partial charge in [0, 0.05) is 6.20 Å². The van der Waals surface area contributed by atoms with Gasteiger partial charge in [-0.05, 0) is 24.3 Å². The molecule has 19 heavy (non-hydrogen) atoms. The number of nitrogens with one attached hydrogen (secondary N) is 1. The molecule has 1 aromatic heterocycles. The first-order valence-electron chi connectivity index (χ1n) is 5.86. The molecule has 0 saturated carbocycles. The molecule has 2 heterocycles. The van der Waals surface area contributed by atoms with Gasteiger partial charge < -0.3 is 10.2 Å². The van der Waals surface area contributed by atoms with Crippen molar-refractivity contribution in [2.45, 2.75) is 0 Å². The summed E-state index contributed by atoms with van der Waals surface area (Å²) in [7, 11) is 0. The van der Waals surface area contributed by atoms with Crippen LogP contribution in [-0.4, -0.2) is 23.7 Å². The first-order valence-corrected chi connectivity index (χ1v) is 5.86. The maximum absolute atomic E-state index is 11.7. The fourth-order valence-corrected chi connectivity index (χ4v) is 2.15. The third-order valence-electron chi connectivity index (χ3n) is 2.97. The number of anilines is 3. The number of rotatable bonds is 2. The normalized spacial score (nSPS) is 13.7. The van der Waals surface area contributed by atoms with Gasteiger partial charge in [-0.3, -0.25) is 9.59 Å². The van der Waals surface area contributed by atoms with E-state index in [4.69, 9.17) is 0 Å². The van der Waals surface area contributed by atoms with Gasteiger partial charge in [0.25, 0.3) is 0 Å². The van der Waals surface area contributed by atoms with Crippen molar-refractivity contribution in [1.82, 2.24) is 4.98 Å². The minimum absolute atomic E-state index is 0.124. The molecule has 0 bridgehead atoms. The van der Waals surface area contributed by atoms with E-state index < -0.39 is 0 Å². The van der Waals surface area contributed by atoms with Crippen molar-refractivity contribution in [3.05, 3.63) is 48.2 Å². The van der Waals surface area contributed by atoms with Gasteiger partial charge in [0.05, 0.1) is 16.9 Å². The van der Waals surface area contributed by atoms with Crippen LogP contribution in [0.1, 0.15) is 10.4 Å². The van der Waals surface area contributed by atoms with Crippen LogP contribution < -0.4 is 10.2 Å². The number of fused-ring (bicyclic) bond motifs is 1. The van der Waals surface area contributed by atoms with E-state index in [1.54, 1.807) is 23.2 Å². The van der Waals surface area contributed by atoms with E-state index in [0.29, 0.717) is 11.4 Å². The number of carbonyl (C=O) groups is 2. The van der Waals surface area contributed by atoms with Gasteiger partial charge >= 0.3 is 0 Å². The summed E-state index contributed by atoms with van der Waals surface area (Å²) >= 11 is 0. The summed E-state index contributed by atoms with van der Waals surface area (Å²) in [5.41, 5.74) is 2.03. The number of hydrogen-bond acceptors (Lipinski definition) is 4. The predicted molar refractivity (Wildman–Crippen MR) is 71.7 cm³/mol. The third-order valence-corrected chi connectivity index (χ3v) is 2.97. The van der Waals surface area contributed by atoms with Crippen molar-refractivity contribution in [2.24, 2.45) is 0 Å². The Hall–Kier alpha value is -2.69. The molecule has 1 aliphatic rings. The van der Waals surface area contributed by atoms with Crippen LogP contribution in [0.5, 0.6) is 0 Å². The molecule has 5 heteroatoms. The van der Waals surface area contributed by atoms with Gasteiger partial charge in [-0.15, -0.1) is 0 Å². The maximum Gasteiger partial charge on any atom is 0.244 e. The summed E-state index contributed by atoms with van der Waals surface area (Å²) in [6, 6.07) is 10.8. The van der Waals surface area contributed by atoms with Gasteiger partial charge in [0.15, 0.2) is 6.29 Å². The fourth-order valence-electron chi connectivity index (χ4n) is 2.15. The maximum atomic E-state index is 11.7. The Labute approximate surface area is 109 Å². The van der Waals surface area contributed by atoms with Crippen LogP contribution in [-0.2, 0) is 4.79 Å². The molecule has 1 amide bonds. The molecule has 0 radical (unpaired) electrons. The predicted octanol–water partition coefficient (Wildman–Crippen LogP) is 1.98.